The summed E-state index contributed by atoms with van der Waals surface area (Å²) >= 11 is 11.8. The summed E-state index contributed by atoms with van der Waals surface area (Å²) in [7, 11) is 0. The van der Waals surface area contributed by atoms with Gasteiger partial charge in [0.05, 0.1) is 0 Å². The topological polar surface area (TPSA) is 98.7 Å². The zero-order valence-corrected chi connectivity index (χ0v) is 37.2. The molecule has 0 spiro atoms. The van der Waals surface area contributed by atoms with Crippen molar-refractivity contribution in [1.82, 2.24) is 29.7 Å². The first kappa shape index (κ1) is 42.9. The second-order valence-corrected chi connectivity index (χ2v) is 19.1. The molecule has 2 aliphatic heterocycles. The van der Waals surface area contributed by atoms with Crippen LogP contribution in [-0.4, -0.2) is 93.9 Å². The van der Waals surface area contributed by atoms with Crippen molar-refractivity contribution in [2.45, 2.75) is 102 Å². The Balaban J connectivity index is 0.000000158. The average molecular weight is 886 g/mol. The molecule has 6 aliphatic rings. The summed E-state index contributed by atoms with van der Waals surface area (Å²) in [6, 6.07) is 9.66. The quantitative estimate of drug-likeness (QED) is 0.189. The van der Waals surface area contributed by atoms with E-state index < -0.39 is 0 Å². The fourth-order valence-electron chi connectivity index (χ4n) is 11.4. The van der Waals surface area contributed by atoms with Gasteiger partial charge in [-0.1, -0.05) is 62.0 Å². The number of hydrogen-bond acceptors (Lipinski definition) is 8. The van der Waals surface area contributed by atoms with Crippen LogP contribution in [0.5, 0.6) is 0 Å². The first-order valence-corrected chi connectivity index (χ1v) is 23.5. The predicted molar refractivity (Wildman–Crippen MR) is 238 cm³/mol. The summed E-state index contributed by atoms with van der Waals surface area (Å²) in [5.74, 6) is 2.38. The van der Waals surface area contributed by atoms with Gasteiger partial charge < -0.3 is 19.6 Å². The van der Waals surface area contributed by atoms with Crippen molar-refractivity contribution in [3.63, 3.8) is 0 Å². The van der Waals surface area contributed by atoms with Crippen molar-refractivity contribution in [3.8, 4) is 0 Å². The molecule has 10 nitrogen and oxygen atoms in total. The van der Waals surface area contributed by atoms with Gasteiger partial charge in [0.25, 0.3) is 0 Å². The van der Waals surface area contributed by atoms with Crippen molar-refractivity contribution in [3.05, 3.63) is 104 Å². The third-order valence-electron chi connectivity index (χ3n) is 14.7. The Morgan fingerprint density at radius 3 is 1.35 bits per heavy atom. The summed E-state index contributed by atoms with van der Waals surface area (Å²) in [6.45, 7) is 10.3. The molecule has 4 fully saturated rings. The number of piperazine rings is 2. The number of aryl methyl sites for hydroxylation is 2. The Morgan fingerprint density at radius 1 is 0.565 bits per heavy atom. The number of carbonyl (C=O) groups is 2. The molecule has 328 valence electrons. The molecule has 2 saturated carbocycles. The normalized spacial score (nSPS) is 25.7. The van der Waals surface area contributed by atoms with E-state index in [-0.39, 0.29) is 47.1 Å². The molecule has 0 N–H and O–H groups in total. The molecule has 4 aromatic rings. The molecule has 14 heteroatoms. The van der Waals surface area contributed by atoms with Crippen molar-refractivity contribution < 1.29 is 18.4 Å². The van der Waals surface area contributed by atoms with Crippen molar-refractivity contribution in [1.29, 1.82) is 0 Å². The van der Waals surface area contributed by atoms with Gasteiger partial charge in [-0.2, -0.15) is 0 Å². The van der Waals surface area contributed by atoms with Crippen LogP contribution in [-0.2, 0) is 22.4 Å². The minimum Gasteiger partial charge on any atom is -0.353 e. The Kier molecular flexibility index (Phi) is 12.7. The third kappa shape index (κ3) is 8.50. The monoisotopic (exact) mass is 884 g/mol. The van der Waals surface area contributed by atoms with Crippen LogP contribution < -0.4 is 9.80 Å². The molecular weight excluding hydrogens is 829 g/mol. The first-order chi connectivity index (χ1) is 30.0. The van der Waals surface area contributed by atoms with Gasteiger partial charge in [0, 0.05) is 96.8 Å². The van der Waals surface area contributed by atoms with Crippen LogP contribution in [0, 0.1) is 23.5 Å². The van der Waals surface area contributed by atoms with Gasteiger partial charge in [0.2, 0.25) is 11.8 Å². The van der Waals surface area contributed by atoms with E-state index in [1.807, 2.05) is 9.80 Å². The van der Waals surface area contributed by atoms with Crippen LogP contribution in [0.1, 0.15) is 123 Å². The summed E-state index contributed by atoms with van der Waals surface area (Å²) < 4.78 is 29.1. The Morgan fingerprint density at radius 2 is 0.968 bits per heavy atom. The zero-order chi connectivity index (χ0) is 43.1. The zero-order valence-electron chi connectivity index (χ0n) is 35.7. The maximum atomic E-state index is 14.5. The Hall–Kier alpha value is -4.42. The molecule has 0 radical (unpaired) electrons. The van der Waals surface area contributed by atoms with Gasteiger partial charge in [-0.3, -0.25) is 9.59 Å². The van der Waals surface area contributed by atoms with Crippen LogP contribution in [0.2, 0.25) is 10.0 Å². The fourth-order valence-corrected chi connectivity index (χ4v) is 11.7. The summed E-state index contributed by atoms with van der Waals surface area (Å²) in [5.41, 5.74) is 6.19. The minimum absolute atomic E-state index is 0.0613. The van der Waals surface area contributed by atoms with Gasteiger partial charge in [0.15, 0.2) is 0 Å². The maximum absolute atomic E-state index is 14.5. The molecule has 0 bridgehead atoms. The Labute approximate surface area is 373 Å². The highest BCUT2D eigenvalue weighted by Gasteiger charge is 2.41. The summed E-state index contributed by atoms with van der Waals surface area (Å²) in [6.07, 6.45) is 12.9. The second kappa shape index (κ2) is 18.4. The number of aromatic nitrogens is 4. The number of rotatable bonds is 6. The average Bonchev–Trinajstić information content (AvgIpc) is 4.12. The van der Waals surface area contributed by atoms with E-state index in [0.717, 1.165) is 102 Å². The highest BCUT2D eigenvalue weighted by molar-refractivity contribution is 6.30. The van der Waals surface area contributed by atoms with E-state index in [1.54, 1.807) is 36.9 Å². The molecule has 4 heterocycles. The number of anilines is 2. The smallest absolute Gasteiger partial charge is 0.226 e. The second-order valence-electron chi connectivity index (χ2n) is 18.2. The minimum atomic E-state index is -0.297. The maximum Gasteiger partial charge on any atom is 0.226 e. The van der Waals surface area contributed by atoms with E-state index in [2.05, 4.69) is 43.6 Å². The number of carbonyl (C=O) groups excluding carboxylic acids is 2. The number of halogens is 4. The van der Waals surface area contributed by atoms with Gasteiger partial charge in [-0.15, -0.1) is 0 Å². The molecule has 10 rings (SSSR count). The number of fused-ring (bicyclic) bond motifs is 2. The molecule has 0 unspecified atom stereocenters. The van der Waals surface area contributed by atoms with Gasteiger partial charge in [-0.05, 0) is 110 Å². The molecule has 6 atom stereocenters. The van der Waals surface area contributed by atoms with E-state index in [4.69, 9.17) is 23.2 Å². The standard InChI is InChI=1S/2C24H28ClFN4O/c2*1-15-5-8-21-22(15)23(28-14-27-21)29-9-11-30(12-10-29)24(31)19-4-2-3-17(19)18-7-6-16(25)13-20(18)26/h2*6-7,13-15,17,19H,2-5,8-12H2,1H3/t15-,17+,19-;15-,17-,19+/m11/s1. The van der Waals surface area contributed by atoms with E-state index in [1.165, 1.54) is 34.6 Å². The lowest BCUT2D eigenvalue weighted by atomic mass is 9.87. The van der Waals surface area contributed by atoms with Crippen LogP contribution in [0.3, 0.4) is 0 Å². The van der Waals surface area contributed by atoms with Crippen molar-refractivity contribution in [2.24, 2.45) is 11.8 Å². The van der Waals surface area contributed by atoms with Crippen LogP contribution in [0.25, 0.3) is 0 Å². The lowest BCUT2D eigenvalue weighted by Crippen LogP contribution is -2.51. The SMILES string of the molecule is C[C@@H]1CCc2ncnc(N3CCN(C(=O)[C@@H]4CCC[C@H]4c4ccc(Cl)cc4F)CC3)c21.C[C@@H]1CCc2ncnc(N3CCN(C(=O)[C@H]4CCC[C@@H]4c4ccc(Cl)cc4F)CC3)c21. The number of hydrogen-bond donors (Lipinski definition) is 0. The van der Waals surface area contributed by atoms with Crippen LogP contribution in [0.15, 0.2) is 49.1 Å². The predicted octanol–water partition coefficient (Wildman–Crippen LogP) is 9.10. The lowest BCUT2D eigenvalue weighted by Gasteiger charge is -2.38. The number of nitrogens with zero attached hydrogens (tertiary/aromatic N) is 8. The highest BCUT2D eigenvalue weighted by Crippen LogP contribution is 2.44. The van der Waals surface area contributed by atoms with E-state index in [0.29, 0.717) is 59.2 Å². The summed E-state index contributed by atoms with van der Waals surface area (Å²) in [4.78, 5) is 53.4. The molecule has 2 aromatic carbocycles. The van der Waals surface area contributed by atoms with Crippen LogP contribution in [0.4, 0.5) is 20.4 Å². The largest absolute Gasteiger partial charge is 0.353 e. The summed E-state index contributed by atoms with van der Waals surface area (Å²) in [5, 5.41) is 0.785. The molecule has 2 saturated heterocycles. The Bertz CT molecular complexity index is 2140. The van der Waals surface area contributed by atoms with Crippen molar-refractivity contribution >= 4 is 46.7 Å². The van der Waals surface area contributed by atoms with Gasteiger partial charge >= 0.3 is 0 Å². The lowest BCUT2D eigenvalue weighted by molar-refractivity contribution is -0.136. The molecule has 2 amide bonds. The van der Waals surface area contributed by atoms with Crippen molar-refractivity contribution in [2.75, 3.05) is 62.2 Å². The van der Waals surface area contributed by atoms with Gasteiger partial charge in [0.1, 0.15) is 35.9 Å². The van der Waals surface area contributed by atoms with E-state index in [9.17, 15) is 18.4 Å². The third-order valence-corrected chi connectivity index (χ3v) is 15.1. The van der Waals surface area contributed by atoms with E-state index >= 15 is 0 Å². The molecule has 62 heavy (non-hydrogen) atoms. The van der Waals surface area contributed by atoms with Crippen LogP contribution >= 0.6 is 23.2 Å². The fraction of sp³-hybridized carbons (Fsp3) is 0.542. The molecule has 2 aromatic heterocycles. The molecule has 4 aliphatic carbocycles. The van der Waals surface area contributed by atoms with Gasteiger partial charge in [-0.25, -0.2) is 28.7 Å². The molecular formula is C48H56Cl2F2N8O2. The highest BCUT2D eigenvalue weighted by atomic mass is 35.5. The number of benzene rings is 2. The number of amides is 2. The first-order valence-electron chi connectivity index (χ1n) is 22.7.